The number of hydrogen-bond donors (Lipinski definition) is 0. The van der Waals surface area contributed by atoms with E-state index in [-0.39, 0.29) is 5.92 Å². The van der Waals surface area contributed by atoms with Gasteiger partial charge in [0.25, 0.3) is 0 Å². The summed E-state index contributed by atoms with van der Waals surface area (Å²) in [5, 5.41) is 1.44. The Morgan fingerprint density at radius 2 is 1.95 bits per heavy atom. The average Bonchev–Trinajstić information content (AvgIpc) is 2.77. The van der Waals surface area contributed by atoms with Crippen molar-refractivity contribution >= 4 is 17.5 Å². The van der Waals surface area contributed by atoms with Gasteiger partial charge in [-0.15, -0.1) is 0 Å². The van der Waals surface area contributed by atoms with E-state index >= 15 is 0 Å². The van der Waals surface area contributed by atoms with Gasteiger partial charge < -0.3 is 4.74 Å². The monoisotopic (exact) mass is 276 g/mol. The number of fused-ring (bicyclic) bond motifs is 2. The standard InChI is InChI=1S/C16H20O2S/c1-10-3-4-11(9-15(10)18-2)16(17)12-7-13-5-6-14(8-12)19-13/h3-4,9,12-14H,5-8H2,1-2H3. The fraction of sp³-hybridized carbons (Fsp3) is 0.562. The Kier molecular flexibility index (Phi) is 3.57. The van der Waals surface area contributed by atoms with Gasteiger partial charge in [0.2, 0.25) is 0 Å². The molecule has 0 aromatic heterocycles. The summed E-state index contributed by atoms with van der Waals surface area (Å²) in [6.45, 7) is 2.00. The maximum absolute atomic E-state index is 12.6. The molecule has 2 bridgehead atoms. The Labute approximate surface area is 118 Å². The quantitative estimate of drug-likeness (QED) is 0.784. The summed E-state index contributed by atoms with van der Waals surface area (Å²) in [4.78, 5) is 12.6. The zero-order valence-electron chi connectivity index (χ0n) is 11.5. The molecule has 2 unspecified atom stereocenters. The van der Waals surface area contributed by atoms with Crippen LogP contribution in [0.5, 0.6) is 5.75 Å². The number of carbonyl (C=O) groups is 1. The van der Waals surface area contributed by atoms with Gasteiger partial charge in [-0.25, -0.2) is 0 Å². The number of methoxy groups -OCH3 is 1. The van der Waals surface area contributed by atoms with Crippen LogP contribution in [0.2, 0.25) is 0 Å². The van der Waals surface area contributed by atoms with Crippen LogP contribution in [-0.2, 0) is 0 Å². The van der Waals surface area contributed by atoms with Crippen molar-refractivity contribution in [3.63, 3.8) is 0 Å². The SMILES string of the molecule is COc1cc(C(=O)C2CC3CCC(C2)S3)ccc1C. The maximum atomic E-state index is 12.6. The molecule has 2 atom stereocenters. The fourth-order valence-corrected chi connectivity index (χ4v) is 5.06. The van der Waals surface area contributed by atoms with Crippen LogP contribution in [0.1, 0.15) is 41.6 Å². The Balaban J connectivity index is 1.80. The van der Waals surface area contributed by atoms with Crippen molar-refractivity contribution in [2.75, 3.05) is 7.11 Å². The Morgan fingerprint density at radius 1 is 1.26 bits per heavy atom. The van der Waals surface area contributed by atoms with E-state index in [0.717, 1.165) is 40.2 Å². The minimum atomic E-state index is 0.228. The number of benzene rings is 1. The molecule has 1 aromatic rings. The minimum absolute atomic E-state index is 0.228. The summed E-state index contributed by atoms with van der Waals surface area (Å²) in [6, 6.07) is 5.84. The van der Waals surface area contributed by atoms with Crippen LogP contribution in [-0.4, -0.2) is 23.4 Å². The largest absolute Gasteiger partial charge is 0.496 e. The van der Waals surface area contributed by atoms with E-state index in [9.17, 15) is 4.79 Å². The van der Waals surface area contributed by atoms with Crippen molar-refractivity contribution in [3.8, 4) is 5.75 Å². The first-order valence-electron chi connectivity index (χ1n) is 7.01. The normalized spacial score (nSPS) is 29.3. The first-order valence-corrected chi connectivity index (χ1v) is 7.96. The molecule has 1 aromatic carbocycles. The molecule has 0 aliphatic carbocycles. The lowest BCUT2D eigenvalue weighted by Gasteiger charge is -2.26. The van der Waals surface area contributed by atoms with Crippen LogP contribution < -0.4 is 4.74 Å². The highest BCUT2D eigenvalue weighted by Gasteiger charge is 2.37. The van der Waals surface area contributed by atoms with E-state index in [1.165, 1.54) is 12.8 Å². The average molecular weight is 276 g/mol. The lowest BCUT2D eigenvalue weighted by Crippen LogP contribution is -2.24. The molecule has 0 spiro atoms. The third-order valence-electron chi connectivity index (χ3n) is 4.35. The molecule has 0 amide bonds. The van der Waals surface area contributed by atoms with Gasteiger partial charge >= 0.3 is 0 Å². The van der Waals surface area contributed by atoms with Crippen molar-refractivity contribution in [1.29, 1.82) is 0 Å². The van der Waals surface area contributed by atoms with Crippen molar-refractivity contribution in [3.05, 3.63) is 29.3 Å². The summed E-state index contributed by atoms with van der Waals surface area (Å²) < 4.78 is 5.32. The number of Topliss-reactive ketones (excluding diaryl/α,β-unsaturated/α-hetero) is 1. The summed E-state index contributed by atoms with van der Waals surface area (Å²) >= 11 is 2.10. The highest BCUT2D eigenvalue weighted by molar-refractivity contribution is 8.00. The number of carbonyl (C=O) groups excluding carboxylic acids is 1. The van der Waals surface area contributed by atoms with Gasteiger partial charge in [0.05, 0.1) is 7.11 Å². The van der Waals surface area contributed by atoms with Crippen molar-refractivity contribution < 1.29 is 9.53 Å². The second kappa shape index (κ2) is 5.20. The van der Waals surface area contributed by atoms with E-state index in [2.05, 4.69) is 11.8 Å². The summed E-state index contributed by atoms with van der Waals surface area (Å²) in [5.74, 6) is 1.36. The second-order valence-corrected chi connectivity index (χ2v) is 7.28. The molecule has 2 fully saturated rings. The van der Waals surface area contributed by atoms with Gasteiger partial charge in [-0.3, -0.25) is 4.79 Å². The lowest BCUT2D eigenvalue weighted by atomic mass is 9.90. The van der Waals surface area contributed by atoms with Crippen molar-refractivity contribution in [1.82, 2.24) is 0 Å². The smallest absolute Gasteiger partial charge is 0.166 e. The van der Waals surface area contributed by atoms with Gasteiger partial charge in [0.15, 0.2) is 5.78 Å². The molecule has 0 saturated carbocycles. The van der Waals surface area contributed by atoms with Crippen molar-refractivity contribution in [2.24, 2.45) is 5.92 Å². The maximum Gasteiger partial charge on any atom is 0.166 e. The van der Waals surface area contributed by atoms with Crippen LogP contribution >= 0.6 is 11.8 Å². The molecule has 2 nitrogen and oxygen atoms in total. The summed E-state index contributed by atoms with van der Waals surface area (Å²) in [7, 11) is 1.66. The first kappa shape index (κ1) is 13.0. The minimum Gasteiger partial charge on any atom is -0.496 e. The van der Waals surface area contributed by atoms with E-state index in [4.69, 9.17) is 4.74 Å². The Bertz CT molecular complexity index is 486. The number of aryl methyl sites for hydroxylation is 1. The molecule has 2 aliphatic rings. The highest BCUT2D eigenvalue weighted by atomic mass is 32.2. The predicted octanol–water partition coefficient (Wildman–Crippen LogP) is 3.86. The molecule has 2 aliphatic heterocycles. The number of ketones is 1. The van der Waals surface area contributed by atoms with Crippen LogP contribution in [0.25, 0.3) is 0 Å². The molecule has 102 valence electrons. The zero-order valence-corrected chi connectivity index (χ0v) is 12.3. The van der Waals surface area contributed by atoms with Crippen molar-refractivity contribution in [2.45, 2.75) is 43.1 Å². The van der Waals surface area contributed by atoms with Gasteiger partial charge in [-0.05, 0) is 44.2 Å². The van der Waals surface area contributed by atoms with E-state index in [1.807, 2.05) is 25.1 Å². The number of rotatable bonds is 3. The number of hydrogen-bond acceptors (Lipinski definition) is 3. The summed E-state index contributed by atoms with van der Waals surface area (Å²) in [6.07, 6.45) is 4.74. The van der Waals surface area contributed by atoms with Crippen LogP contribution in [0.4, 0.5) is 0 Å². The Hall–Kier alpha value is -0.960. The highest BCUT2D eigenvalue weighted by Crippen LogP contribution is 2.46. The van der Waals surface area contributed by atoms with E-state index in [0.29, 0.717) is 5.78 Å². The van der Waals surface area contributed by atoms with E-state index in [1.54, 1.807) is 7.11 Å². The molecular weight excluding hydrogens is 256 g/mol. The summed E-state index contributed by atoms with van der Waals surface area (Å²) in [5.41, 5.74) is 1.90. The van der Waals surface area contributed by atoms with Gasteiger partial charge in [0, 0.05) is 22.0 Å². The van der Waals surface area contributed by atoms with Crippen LogP contribution in [0.15, 0.2) is 18.2 Å². The molecule has 0 N–H and O–H groups in total. The lowest BCUT2D eigenvalue weighted by molar-refractivity contribution is 0.0906. The third-order valence-corrected chi connectivity index (χ3v) is 5.98. The molecule has 19 heavy (non-hydrogen) atoms. The third kappa shape index (κ3) is 2.53. The van der Waals surface area contributed by atoms with Gasteiger partial charge in [-0.1, -0.05) is 12.1 Å². The molecule has 2 saturated heterocycles. The van der Waals surface area contributed by atoms with Gasteiger partial charge in [-0.2, -0.15) is 11.8 Å². The van der Waals surface area contributed by atoms with E-state index < -0.39 is 0 Å². The topological polar surface area (TPSA) is 26.3 Å². The molecule has 2 heterocycles. The second-order valence-electron chi connectivity index (χ2n) is 5.67. The number of thioether (sulfide) groups is 1. The van der Waals surface area contributed by atoms with Crippen LogP contribution in [0.3, 0.4) is 0 Å². The van der Waals surface area contributed by atoms with Gasteiger partial charge in [0.1, 0.15) is 5.75 Å². The molecule has 3 rings (SSSR count). The van der Waals surface area contributed by atoms with Crippen LogP contribution in [0, 0.1) is 12.8 Å². The fourth-order valence-electron chi connectivity index (χ4n) is 3.28. The number of ether oxygens (including phenoxy) is 1. The molecule has 0 radical (unpaired) electrons. The molecular formula is C16H20O2S. The predicted molar refractivity (Wildman–Crippen MR) is 79.2 cm³/mol. The first-order chi connectivity index (χ1) is 9.17. The Morgan fingerprint density at radius 3 is 2.58 bits per heavy atom. The molecule has 3 heteroatoms. The zero-order chi connectivity index (χ0) is 13.4.